The van der Waals surface area contributed by atoms with Gasteiger partial charge in [0.05, 0.1) is 17.4 Å². The van der Waals surface area contributed by atoms with Crippen LogP contribution < -0.4 is 5.32 Å². The van der Waals surface area contributed by atoms with Gasteiger partial charge in [-0.1, -0.05) is 11.8 Å². The lowest BCUT2D eigenvalue weighted by molar-refractivity contribution is 0.177. The van der Waals surface area contributed by atoms with E-state index in [0.717, 1.165) is 27.7 Å². The summed E-state index contributed by atoms with van der Waals surface area (Å²) in [6.07, 6.45) is 3.08. The number of ether oxygens (including phenoxy) is 1. The van der Waals surface area contributed by atoms with Crippen LogP contribution in [0, 0.1) is 5.82 Å². The Morgan fingerprint density at radius 1 is 1.22 bits per heavy atom. The van der Waals surface area contributed by atoms with Gasteiger partial charge in [0, 0.05) is 36.3 Å². The van der Waals surface area contributed by atoms with Crippen molar-refractivity contribution in [1.82, 2.24) is 19.9 Å². The SMILES string of the molecule is Cn1c(SCC2COC(=O)N2)nc(-c2ccc(F)cc2)c1-c1ccncc1. The minimum Gasteiger partial charge on any atom is -0.447 e. The largest absolute Gasteiger partial charge is 0.447 e. The van der Waals surface area contributed by atoms with Gasteiger partial charge in [-0.05, 0) is 36.4 Å². The zero-order chi connectivity index (χ0) is 18.8. The summed E-state index contributed by atoms with van der Waals surface area (Å²) < 4.78 is 20.3. The standard InChI is InChI=1S/C19H17FN4O2S/c1-24-17(13-6-8-21-9-7-13)16(12-2-4-14(20)5-3-12)23-18(24)27-11-15-10-26-19(25)22-15/h2-9,15H,10-11H2,1H3,(H,22,25). The van der Waals surface area contributed by atoms with E-state index >= 15 is 0 Å². The molecule has 1 N–H and O–H groups in total. The molecule has 1 aliphatic rings. The molecule has 0 aliphatic carbocycles. The van der Waals surface area contributed by atoms with Crippen LogP contribution in [-0.2, 0) is 11.8 Å². The van der Waals surface area contributed by atoms with Crippen molar-refractivity contribution >= 4 is 17.9 Å². The highest BCUT2D eigenvalue weighted by atomic mass is 32.2. The van der Waals surface area contributed by atoms with E-state index in [1.807, 2.05) is 23.7 Å². The van der Waals surface area contributed by atoms with Crippen molar-refractivity contribution in [2.45, 2.75) is 11.2 Å². The summed E-state index contributed by atoms with van der Waals surface area (Å²) >= 11 is 1.54. The first-order valence-corrected chi connectivity index (χ1v) is 9.39. The summed E-state index contributed by atoms with van der Waals surface area (Å²) in [4.78, 5) is 20.1. The molecule has 27 heavy (non-hydrogen) atoms. The van der Waals surface area contributed by atoms with Crippen molar-refractivity contribution < 1.29 is 13.9 Å². The summed E-state index contributed by atoms with van der Waals surface area (Å²) in [7, 11) is 1.95. The number of imidazole rings is 1. The third-order valence-electron chi connectivity index (χ3n) is 4.28. The van der Waals surface area contributed by atoms with Gasteiger partial charge in [0.15, 0.2) is 5.16 Å². The van der Waals surface area contributed by atoms with Crippen LogP contribution in [0.5, 0.6) is 0 Å². The van der Waals surface area contributed by atoms with Crippen LogP contribution in [0.25, 0.3) is 22.5 Å². The highest BCUT2D eigenvalue weighted by Crippen LogP contribution is 2.35. The Morgan fingerprint density at radius 2 is 1.96 bits per heavy atom. The molecule has 3 heterocycles. The van der Waals surface area contributed by atoms with Crippen molar-refractivity contribution in [3.63, 3.8) is 0 Å². The molecule has 1 aromatic carbocycles. The first-order chi connectivity index (χ1) is 13.1. The molecule has 1 atom stereocenters. The average Bonchev–Trinajstić information content (AvgIpc) is 3.24. The molecular formula is C19H17FN4O2S. The molecule has 0 bridgehead atoms. The summed E-state index contributed by atoms with van der Waals surface area (Å²) in [5, 5.41) is 3.57. The maximum atomic E-state index is 13.4. The number of hydrogen-bond donors (Lipinski definition) is 1. The number of halogens is 1. The number of benzene rings is 1. The number of nitrogens with one attached hydrogen (secondary N) is 1. The Morgan fingerprint density at radius 3 is 2.63 bits per heavy atom. The van der Waals surface area contributed by atoms with Crippen molar-refractivity contribution in [1.29, 1.82) is 0 Å². The van der Waals surface area contributed by atoms with E-state index in [-0.39, 0.29) is 18.0 Å². The topological polar surface area (TPSA) is 69.0 Å². The number of amides is 1. The van der Waals surface area contributed by atoms with Crippen LogP contribution in [0.3, 0.4) is 0 Å². The average molecular weight is 384 g/mol. The van der Waals surface area contributed by atoms with E-state index in [2.05, 4.69) is 10.3 Å². The number of carbonyl (C=O) groups is 1. The zero-order valence-electron chi connectivity index (χ0n) is 14.6. The molecular weight excluding hydrogens is 367 g/mol. The maximum Gasteiger partial charge on any atom is 0.407 e. The van der Waals surface area contributed by atoms with Crippen LogP contribution in [0.2, 0.25) is 0 Å². The molecule has 3 aromatic rings. The molecule has 1 unspecified atom stereocenters. The molecule has 1 aliphatic heterocycles. The van der Waals surface area contributed by atoms with Crippen molar-refractivity contribution in [2.24, 2.45) is 7.05 Å². The Hall–Kier alpha value is -2.87. The molecule has 4 rings (SSSR count). The highest BCUT2D eigenvalue weighted by molar-refractivity contribution is 7.99. The van der Waals surface area contributed by atoms with Gasteiger partial charge in [-0.3, -0.25) is 4.98 Å². The fourth-order valence-electron chi connectivity index (χ4n) is 2.95. The molecule has 1 saturated heterocycles. The second kappa shape index (κ2) is 7.40. The molecule has 0 radical (unpaired) electrons. The fraction of sp³-hybridized carbons (Fsp3) is 0.211. The van der Waals surface area contributed by atoms with Gasteiger partial charge in [0.2, 0.25) is 0 Å². The third-order valence-corrected chi connectivity index (χ3v) is 5.47. The van der Waals surface area contributed by atoms with Crippen LogP contribution in [0.4, 0.5) is 9.18 Å². The Kier molecular flexibility index (Phi) is 4.81. The highest BCUT2D eigenvalue weighted by Gasteiger charge is 2.24. The van der Waals surface area contributed by atoms with Crippen molar-refractivity contribution in [3.05, 3.63) is 54.6 Å². The van der Waals surface area contributed by atoms with E-state index in [4.69, 9.17) is 9.72 Å². The number of alkyl carbamates (subject to hydrolysis) is 1. The van der Waals surface area contributed by atoms with E-state index in [1.54, 1.807) is 36.3 Å². The number of rotatable bonds is 5. The molecule has 1 fully saturated rings. The minimum absolute atomic E-state index is 0.0437. The summed E-state index contributed by atoms with van der Waals surface area (Å²) in [5.41, 5.74) is 3.52. The van der Waals surface area contributed by atoms with Crippen LogP contribution in [0.15, 0.2) is 53.9 Å². The lowest BCUT2D eigenvalue weighted by atomic mass is 10.1. The van der Waals surface area contributed by atoms with Gasteiger partial charge in [-0.15, -0.1) is 0 Å². The van der Waals surface area contributed by atoms with Crippen molar-refractivity contribution in [3.8, 4) is 22.5 Å². The second-order valence-corrected chi connectivity index (χ2v) is 7.13. The number of carbonyl (C=O) groups excluding carboxylic acids is 1. The quantitative estimate of drug-likeness (QED) is 0.682. The Balaban J connectivity index is 1.70. The Bertz CT molecular complexity index is 960. The first-order valence-electron chi connectivity index (χ1n) is 8.41. The molecule has 0 spiro atoms. The number of nitrogens with zero attached hydrogens (tertiary/aromatic N) is 3. The predicted octanol–water partition coefficient (Wildman–Crippen LogP) is 3.49. The van der Waals surface area contributed by atoms with Gasteiger partial charge in [-0.25, -0.2) is 14.2 Å². The monoisotopic (exact) mass is 384 g/mol. The van der Waals surface area contributed by atoms with E-state index < -0.39 is 0 Å². The van der Waals surface area contributed by atoms with Crippen molar-refractivity contribution in [2.75, 3.05) is 12.4 Å². The van der Waals surface area contributed by atoms with Gasteiger partial charge in [0.25, 0.3) is 0 Å². The van der Waals surface area contributed by atoms with Gasteiger partial charge in [-0.2, -0.15) is 0 Å². The predicted molar refractivity (Wildman–Crippen MR) is 101 cm³/mol. The maximum absolute atomic E-state index is 13.4. The van der Waals surface area contributed by atoms with Gasteiger partial charge < -0.3 is 14.6 Å². The van der Waals surface area contributed by atoms with Gasteiger partial charge >= 0.3 is 6.09 Å². The van der Waals surface area contributed by atoms with Crippen LogP contribution >= 0.6 is 11.8 Å². The first kappa shape index (κ1) is 17.5. The molecule has 6 nitrogen and oxygen atoms in total. The summed E-state index contributed by atoms with van der Waals surface area (Å²) in [6.45, 7) is 0.359. The zero-order valence-corrected chi connectivity index (χ0v) is 15.4. The molecule has 138 valence electrons. The van der Waals surface area contributed by atoms with E-state index in [0.29, 0.717) is 12.4 Å². The third kappa shape index (κ3) is 3.66. The van der Waals surface area contributed by atoms with E-state index in [9.17, 15) is 9.18 Å². The van der Waals surface area contributed by atoms with E-state index in [1.165, 1.54) is 12.1 Å². The molecule has 2 aromatic heterocycles. The fourth-order valence-corrected chi connectivity index (χ4v) is 3.92. The smallest absolute Gasteiger partial charge is 0.407 e. The second-order valence-electron chi connectivity index (χ2n) is 6.14. The number of cyclic esters (lactones) is 1. The Labute approximate surface area is 159 Å². The van der Waals surface area contributed by atoms with Crippen LogP contribution in [-0.4, -0.2) is 39.0 Å². The number of thioether (sulfide) groups is 1. The number of aromatic nitrogens is 3. The lowest BCUT2D eigenvalue weighted by Crippen LogP contribution is -2.28. The summed E-state index contributed by atoms with van der Waals surface area (Å²) in [6, 6.07) is 10.1. The molecule has 8 heteroatoms. The molecule has 1 amide bonds. The number of pyridine rings is 1. The summed E-state index contributed by atoms with van der Waals surface area (Å²) in [5.74, 6) is 0.363. The van der Waals surface area contributed by atoms with Gasteiger partial charge in [0.1, 0.15) is 12.4 Å². The number of hydrogen-bond acceptors (Lipinski definition) is 5. The van der Waals surface area contributed by atoms with Crippen LogP contribution in [0.1, 0.15) is 0 Å². The normalized spacial score (nSPS) is 16.2. The molecule has 0 saturated carbocycles. The lowest BCUT2D eigenvalue weighted by Gasteiger charge is -2.09. The minimum atomic E-state index is -0.384.